The van der Waals surface area contributed by atoms with Gasteiger partial charge in [-0.05, 0) is 86.7 Å². The zero-order chi connectivity index (χ0) is 26.2. The Labute approximate surface area is 228 Å². The lowest BCUT2D eigenvalue weighted by Crippen LogP contribution is -2.31. The quantitative estimate of drug-likeness (QED) is 0.404. The highest BCUT2D eigenvalue weighted by atomic mass is 32.2. The van der Waals surface area contributed by atoms with Crippen LogP contribution in [0.4, 0.5) is 4.79 Å². The Balaban J connectivity index is 1.06. The Hall–Kier alpha value is -2.84. The van der Waals surface area contributed by atoms with Gasteiger partial charge in [0.1, 0.15) is 11.9 Å². The molecule has 2 heterocycles. The molecule has 2 aliphatic carbocycles. The van der Waals surface area contributed by atoms with Gasteiger partial charge in [0.15, 0.2) is 0 Å². The van der Waals surface area contributed by atoms with E-state index < -0.39 is 6.09 Å². The first-order valence-corrected chi connectivity index (χ1v) is 15.0. The molecule has 1 N–H and O–H groups in total. The number of hydrogen-bond donors (Lipinski definition) is 1. The summed E-state index contributed by atoms with van der Waals surface area (Å²) < 4.78 is 12.8. The van der Waals surface area contributed by atoms with Crippen LogP contribution >= 0.6 is 11.8 Å². The molecule has 3 aliphatic rings. The number of pyridine rings is 1. The first-order valence-electron chi connectivity index (χ1n) is 13.9. The molecule has 2 aromatic rings. The van der Waals surface area contributed by atoms with Gasteiger partial charge in [-0.1, -0.05) is 18.6 Å². The maximum absolute atomic E-state index is 12.9. The molecule has 1 saturated carbocycles. The van der Waals surface area contributed by atoms with Gasteiger partial charge in [0.25, 0.3) is 5.56 Å². The lowest BCUT2D eigenvalue weighted by atomic mass is 9.98. The summed E-state index contributed by atoms with van der Waals surface area (Å²) in [6.45, 7) is 3.13. The summed E-state index contributed by atoms with van der Waals surface area (Å²) in [6.07, 6.45) is 14.0. The van der Waals surface area contributed by atoms with Crippen LogP contribution in [-0.4, -0.2) is 59.7 Å². The molecular formula is C30H37N3O4S. The fourth-order valence-electron chi connectivity index (χ4n) is 5.27. The Kier molecular flexibility index (Phi) is 9.36. The van der Waals surface area contributed by atoms with E-state index in [1.54, 1.807) is 12.1 Å². The van der Waals surface area contributed by atoms with Crippen LogP contribution in [0.3, 0.4) is 0 Å². The highest BCUT2D eigenvalue weighted by Crippen LogP contribution is 2.33. The number of hydrogen-bond acceptors (Lipinski definition) is 7. The molecule has 1 fully saturated rings. The van der Waals surface area contributed by atoms with E-state index in [0.717, 1.165) is 86.0 Å². The van der Waals surface area contributed by atoms with Gasteiger partial charge in [-0.25, -0.2) is 9.36 Å². The van der Waals surface area contributed by atoms with Crippen LogP contribution in [0.25, 0.3) is 10.9 Å². The second kappa shape index (κ2) is 13.3. The number of fused-ring (bicyclic) bond motifs is 2. The molecule has 0 amide bonds. The molecule has 0 radical (unpaired) electrons. The Bertz CT molecular complexity index is 1280. The van der Waals surface area contributed by atoms with Crippen molar-refractivity contribution >= 4 is 34.5 Å². The molecule has 202 valence electrons. The number of allylic oxidation sites excluding steroid dienone is 2. The smallest absolute Gasteiger partial charge is 0.421 e. The Morgan fingerprint density at radius 1 is 1.11 bits per heavy atom. The predicted octanol–water partition coefficient (Wildman–Crippen LogP) is 5.51. The summed E-state index contributed by atoms with van der Waals surface area (Å²) in [4.78, 5) is 30.2. The maximum atomic E-state index is 12.9. The molecule has 1 aromatic heterocycles. The van der Waals surface area contributed by atoms with E-state index in [0.29, 0.717) is 23.1 Å². The van der Waals surface area contributed by atoms with Crippen LogP contribution in [0.15, 0.2) is 63.9 Å². The van der Waals surface area contributed by atoms with Gasteiger partial charge in [-0.3, -0.25) is 9.79 Å². The predicted molar refractivity (Wildman–Crippen MR) is 155 cm³/mol. The first-order chi connectivity index (χ1) is 18.7. The molecule has 0 bridgehead atoms. The van der Waals surface area contributed by atoms with Crippen LogP contribution in [0.5, 0.6) is 5.75 Å². The maximum Gasteiger partial charge on any atom is 0.421 e. The summed E-state index contributed by atoms with van der Waals surface area (Å²) >= 11 is 2.00. The van der Waals surface area contributed by atoms with Gasteiger partial charge in [-0.2, -0.15) is 0 Å². The molecule has 1 atom stereocenters. The normalized spacial score (nSPS) is 20.5. The van der Waals surface area contributed by atoms with Crippen molar-refractivity contribution in [1.82, 2.24) is 9.88 Å². The number of benzene rings is 1. The van der Waals surface area contributed by atoms with E-state index in [4.69, 9.17) is 14.5 Å². The molecule has 38 heavy (non-hydrogen) atoms. The molecule has 7 nitrogen and oxygen atoms in total. The van der Waals surface area contributed by atoms with Crippen LogP contribution in [0.2, 0.25) is 0 Å². The van der Waals surface area contributed by atoms with Gasteiger partial charge in [-0.15, -0.1) is 11.8 Å². The molecule has 1 unspecified atom stereocenters. The van der Waals surface area contributed by atoms with E-state index in [1.165, 1.54) is 18.1 Å². The van der Waals surface area contributed by atoms with Crippen molar-refractivity contribution in [3.63, 3.8) is 0 Å². The second-order valence-corrected chi connectivity index (χ2v) is 11.3. The summed E-state index contributed by atoms with van der Waals surface area (Å²) in [5.74, 6) is 1.75. The third-order valence-electron chi connectivity index (χ3n) is 7.33. The number of thioether (sulfide) groups is 1. The molecular weight excluding hydrogens is 498 g/mol. The lowest BCUT2D eigenvalue weighted by Gasteiger charge is -2.22. The number of unbranched alkanes of at least 4 members (excludes halogenated alkanes) is 1. The largest absolute Gasteiger partial charge is 0.494 e. The van der Waals surface area contributed by atoms with Gasteiger partial charge in [0.05, 0.1) is 24.4 Å². The van der Waals surface area contributed by atoms with Crippen LogP contribution in [0.1, 0.15) is 51.4 Å². The van der Waals surface area contributed by atoms with E-state index in [9.17, 15) is 9.59 Å². The number of nitrogens with zero attached hydrogens (tertiary/aromatic N) is 2. The van der Waals surface area contributed by atoms with E-state index >= 15 is 0 Å². The summed E-state index contributed by atoms with van der Waals surface area (Å²) in [7, 11) is 0. The topological polar surface area (TPSA) is 81.9 Å². The average Bonchev–Trinajstić information content (AvgIpc) is 3.42. The van der Waals surface area contributed by atoms with Crippen LogP contribution in [-0.2, 0) is 4.74 Å². The number of nitrogens with one attached hydrogen (secondary N) is 1. The molecule has 8 heteroatoms. The van der Waals surface area contributed by atoms with Crippen molar-refractivity contribution in [3.05, 3.63) is 64.5 Å². The fraction of sp³-hybridized carbons (Fsp3) is 0.500. The third kappa shape index (κ3) is 6.77. The first kappa shape index (κ1) is 26.8. The zero-order valence-corrected chi connectivity index (χ0v) is 22.7. The molecule has 0 saturated heterocycles. The molecule has 0 spiro atoms. The number of carbonyl (C=O) groups excluding carboxylic acids is 1. The summed E-state index contributed by atoms with van der Waals surface area (Å²) in [5, 5.41) is 4.87. The lowest BCUT2D eigenvalue weighted by molar-refractivity contribution is 0.0766. The van der Waals surface area contributed by atoms with Gasteiger partial charge in [0, 0.05) is 29.7 Å². The van der Waals surface area contributed by atoms with Crippen molar-refractivity contribution in [3.8, 4) is 5.75 Å². The minimum absolute atomic E-state index is 0.112. The van der Waals surface area contributed by atoms with Crippen molar-refractivity contribution in [2.45, 2.75) is 62.7 Å². The zero-order valence-electron chi connectivity index (χ0n) is 21.9. The van der Waals surface area contributed by atoms with Crippen LogP contribution < -0.4 is 15.6 Å². The Morgan fingerprint density at radius 3 is 2.87 bits per heavy atom. The summed E-state index contributed by atoms with van der Waals surface area (Å²) in [5.41, 5.74) is 2.71. The standard InChI is InChI=1S/C30H37N3O4S/c34-29-14-12-22-11-13-24(21-27(22)33(29)30(35)37-23-7-2-1-3-8-23)36-19-5-4-16-31-17-18-32-26-9-6-10-28-25(26)15-20-38-28/h6,9,11-15,21,23,28,31H,1-5,7-8,10,16-20H2. The van der Waals surface area contributed by atoms with E-state index in [1.807, 2.05) is 23.9 Å². The van der Waals surface area contributed by atoms with Crippen molar-refractivity contribution in [1.29, 1.82) is 0 Å². The van der Waals surface area contributed by atoms with Gasteiger partial charge in [0.2, 0.25) is 0 Å². The van der Waals surface area contributed by atoms with Crippen molar-refractivity contribution in [2.24, 2.45) is 4.99 Å². The van der Waals surface area contributed by atoms with Crippen molar-refractivity contribution < 1.29 is 14.3 Å². The SMILES string of the molecule is O=C(OC1CCCCC1)n1c(=O)ccc2ccc(OCCCCNCCN=C3C=CCC4SCC=C34)cc21. The fourth-order valence-corrected chi connectivity index (χ4v) is 6.43. The van der Waals surface area contributed by atoms with Crippen molar-refractivity contribution in [2.75, 3.05) is 32.0 Å². The number of rotatable bonds is 10. The molecule has 1 aliphatic heterocycles. The number of aliphatic imine (C=N–C) groups is 1. The number of aromatic nitrogens is 1. The number of ether oxygens (including phenoxy) is 2. The molecule has 5 rings (SSSR count). The van der Waals surface area contributed by atoms with E-state index in [2.05, 4.69) is 23.5 Å². The minimum Gasteiger partial charge on any atom is -0.494 e. The highest BCUT2D eigenvalue weighted by Gasteiger charge is 2.24. The summed E-state index contributed by atoms with van der Waals surface area (Å²) in [6, 6.07) is 8.66. The monoisotopic (exact) mass is 535 g/mol. The molecule has 1 aromatic carbocycles. The Morgan fingerprint density at radius 2 is 1.97 bits per heavy atom. The number of carbonyl (C=O) groups is 1. The minimum atomic E-state index is -0.598. The average molecular weight is 536 g/mol. The van der Waals surface area contributed by atoms with Gasteiger partial charge < -0.3 is 14.8 Å². The highest BCUT2D eigenvalue weighted by molar-refractivity contribution is 8.00. The van der Waals surface area contributed by atoms with Crippen LogP contribution in [0, 0.1) is 0 Å². The second-order valence-electron chi connectivity index (χ2n) is 10.1. The van der Waals surface area contributed by atoms with E-state index in [-0.39, 0.29) is 11.7 Å². The van der Waals surface area contributed by atoms with Gasteiger partial charge >= 0.3 is 6.09 Å². The third-order valence-corrected chi connectivity index (χ3v) is 8.54.